The Balaban J connectivity index is 1.40. The van der Waals surface area contributed by atoms with Gasteiger partial charge in [0, 0.05) is 13.5 Å². The Morgan fingerprint density at radius 2 is 1.46 bits per heavy atom. The molecule has 0 aliphatic heterocycles. The Labute approximate surface area is 402 Å². The van der Waals surface area contributed by atoms with Crippen LogP contribution in [0.5, 0.6) is 5.75 Å². The SMILES string of the molecule is CCCCCCCCCCCCCCCCCCC[C@H](COP(=O)(OC[C@H](C[C@@H](OC(C)(C)OC)c1ccc2c(N)ncnn12)OC#N)Oc1ccccc1Cl)OCc1cc(F)cc(C#N)c1. The molecule has 0 amide bonds. The molecule has 14 nitrogen and oxygen atoms in total. The van der Waals surface area contributed by atoms with Gasteiger partial charge in [0.15, 0.2) is 11.6 Å². The third-order valence-electron chi connectivity index (χ3n) is 11.5. The number of methoxy groups -OCH3 is 1. The van der Waals surface area contributed by atoms with Crippen molar-refractivity contribution >= 4 is 30.8 Å². The number of halogens is 2. The standard InChI is InChI=1S/C50H71ClFN6O8P/c1-5-6-7-8-9-10-11-12-13-14-15-16-17-18-19-20-21-24-42(61-34-40-29-39(33-53)30-41(52)31-40)35-63-67(59,66-47-26-23-22-25-44(47)51)64-36-43(62-37-54)32-48(65-50(2,3)60-4)45-27-28-46-49(55)56-38-57-58(45)46/h22-23,25-31,38,42-43,48H,5-21,24,32,34-36H2,1-4H3,(H2,55,56,57)/t42-,43+,48-,67?/m1/s1. The van der Waals surface area contributed by atoms with Crippen molar-refractivity contribution in [2.75, 3.05) is 26.1 Å². The molecule has 368 valence electrons. The maximum Gasteiger partial charge on any atom is 0.530 e. The minimum Gasteiger partial charge on any atom is -0.422 e. The van der Waals surface area contributed by atoms with E-state index in [1.165, 1.54) is 109 Å². The van der Waals surface area contributed by atoms with Gasteiger partial charge in [0.05, 0.1) is 48.3 Å². The highest BCUT2D eigenvalue weighted by molar-refractivity contribution is 7.48. The van der Waals surface area contributed by atoms with Crippen LogP contribution < -0.4 is 10.3 Å². The second-order valence-electron chi connectivity index (χ2n) is 17.4. The number of anilines is 1. The van der Waals surface area contributed by atoms with Crippen LogP contribution in [0.4, 0.5) is 10.2 Å². The number of nitrogens with zero attached hydrogens (tertiary/aromatic N) is 5. The highest BCUT2D eigenvalue weighted by Gasteiger charge is 2.36. The highest BCUT2D eigenvalue weighted by atomic mass is 35.5. The van der Waals surface area contributed by atoms with Gasteiger partial charge in [-0.1, -0.05) is 140 Å². The molecular weight excluding hydrogens is 898 g/mol. The molecule has 2 heterocycles. The maximum absolute atomic E-state index is 14.7. The van der Waals surface area contributed by atoms with Crippen molar-refractivity contribution in [1.82, 2.24) is 14.6 Å². The predicted molar refractivity (Wildman–Crippen MR) is 257 cm³/mol. The number of nitrogens with two attached hydrogens (primary N) is 1. The van der Waals surface area contributed by atoms with E-state index in [0.717, 1.165) is 31.7 Å². The van der Waals surface area contributed by atoms with Crippen LogP contribution in [0.25, 0.3) is 5.52 Å². The number of nitrogen functional groups attached to an aromatic ring is 1. The second kappa shape index (κ2) is 30.2. The zero-order chi connectivity index (χ0) is 48.3. The quantitative estimate of drug-likeness (QED) is 0.0197. The average molecular weight is 970 g/mol. The Hall–Kier alpha value is -4.31. The number of phosphoric acid groups is 1. The van der Waals surface area contributed by atoms with Crippen LogP contribution in [0.3, 0.4) is 0 Å². The lowest BCUT2D eigenvalue weighted by Gasteiger charge is -2.31. The minimum absolute atomic E-state index is 0.00811. The van der Waals surface area contributed by atoms with Gasteiger partial charge in [-0.15, -0.1) is 0 Å². The lowest BCUT2D eigenvalue weighted by atomic mass is 10.0. The number of aromatic nitrogens is 3. The Morgan fingerprint density at radius 3 is 2.06 bits per heavy atom. The van der Waals surface area contributed by atoms with Crippen molar-refractivity contribution in [3.63, 3.8) is 0 Å². The molecule has 0 bridgehead atoms. The Kier molecular flexibility index (Phi) is 24.9. The molecule has 0 spiro atoms. The van der Waals surface area contributed by atoms with Gasteiger partial charge in [0.2, 0.25) is 0 Å². The summed E-state index contributed by atoms with van der Waals surface area (Å²) in [7, 11) is -3.05. The van der Waals surface area contributed by atoms with Crippen molar-refractivity contribution in [2.45, 2.75) is 173 Å². The van der Waals surface area contributed by atoms with E-state index in [1.807, 2.05) is 6.07 Å². The predicted octanol–water partition coefficient (Wildman–Crippen LogP) is 13.5. The summed E-state index contributed by atoms with van der Waals surface area (Å²) in [6.45, 7) is 4.99. The number of ether oxygens (including phenoxy) is 4. The van der Waals surface area contributed by atoms with Crippen LogP contribution in [-0.4, -0.2) is 52.9 Å². The molecule has 2 aromatic heterocycles. The fraction of sp³-hybridized carbons (Fsp3) is 0.600. The number of unbranched alkanes of at least 4 members (excludes halogenated alkanes) is 16. The molecule has 0 saturated heterocycles. The summed E-state index contributed by atoms with van der Waals surface area (Å²) in [6.07, 6.45) is 22.2. The number of fused-ring (bicyclic) bond motifs is 1. The van der Waals surface area contributed by atoms with Crippen LogP contribution in [0.2, 0.25) is 5.02 Å². The molecule has 2 aromatic carbocycles. The maximum atomic E-state index is 14.7. The molecule has 4 rings (SSSR count). The molecule has 0 radical (unpaired) electrons. The van der Waals surface area contributed by atoms with Gasteiger partial charge in [0.25, 0.3) is 6.26 Å². The first-order valence-corrected chi connectivity index (χ1v) is 25.7. The number of hydrogen-bond acceptors (Lipinski definition) is 13. The molecule has 4 aromatic rings. The molecule has 0 aliphatic carbocycles. The van der Waals surface area contributed by atoms with Crippen LogP contribution >= 0.6 is 19.4 Å². The summed E-state index contributed by atoms with van der Waals surface area (Å²) >= 11 is 6.45. The third kappa shape index (κ3) is 20.4. The summed E-state index contributed by atoms with van der Waals surface area (Å²) < 4.78 is 72.3. The molecule has 17 heteroatoms. The number of benzene rings is 2. The zero-order valence-corrected chi connectivity index (χ0v) is 41.5. The molecule has 0 fully saturated rings. The number of nitriles is 2. The normalized spacial score (nSPS) is 14.0. The number of rotatable bonds is 36. The van der Waals surface area contributed by atoms with Gasteiger partial charge < -0.3 is 29.2 Å². The van der Waals surface area contributed by atoms with Gasteiger partial charge >= 0.3 is 7.82 Å². The average Bonchev–Trinajstić information content (AvgIpc) is 3.76. The Bertz CT molecular complexity index is 2180. The summed E-state index contributed by atoms with van der Waals surface area (Å²) in [5, 5.41) is 23.7. The van der Waals surface area contributed by atoms with Gasteiger partial charge in [-0.3, -0.25) is 9.05 Å². The highest BCUT2D eigenvalue weighted by Crippen LogP contribution is 2.51. The number of phosphoric ester groups is 1. The van der Waals surface area contributed by atoms with Crippen LogP contribution in [-0.2, 0) is 39.2 Å². The monoisotopic (exact) mass is 968 g/mol. The fourth-order valence-corrected chi connectivity index (χ4v) is 9.21. The van der Waals surface area contributed by atoms with E-state index in [9.17, 15) is 19.5 Å². The van der Waals surface area contributed by atoms with E-state index in [-0.39, 0.29) is 41.8 Å². The van der Waals surface area contributed by atoms with Crippen molar-refractivity contribution < 1.29 is 41.5 Å². The van der Waals surface area contributed by atoms with Crippen molar-refractivity contribution in [3.8, 4) is 18.1 Å². The van der Waals surface area contributed by atoms with Crippen LogP contribution in [0.1, 0.15) is 166 Å². The number of hydrogen-bond donors (Lipinski definition) is 1. The minimum atomic E-state index is -4.55. The van der Waals surface area contributed by atoms with Crippen molar-refractivity contribution in [3.05, 3.63) is 88.6 Å². The topological polar surface area (TPSA) is 185 Å². The van der Waals surface area contributed by atoms with Gasteiger partial charge in [-0.2, -0.15) is 15.6 Å². The van der Waals surface area contributed by atoms with Crippen LogP contribution in [0.15, 0.2) is 60.9 Å². The van der Waals surface area contributed by atoms with E-state index in [0.29, 0.717) is 23.2 Å². The first kappa shape index (κ1) is 55.3. The molecule has 0 aliphatic rings. The van der Waals surface area contributed by atoms with Gasteiger partial charge in [-0.25, -0.2) is 18.5 Å². The summed E-state index contributed by atoms with van der Waals surface area (Å²) in [4.78, 5) is 4.07. The first-order valence-electron chi connectivity index (χ1n) is 23.9. The molecule has 67 heavy (non-hydrogen) atoms. The summed E-state index contributed by atoms with van der Waals surface area (Å²) in [5.41, 5.74) is 7.84. The van der Waals surface area contributed by atoms with Crippen molar-refractivity contribution in [2.24, 2.45) is 0 Å². The molecule has 4 atom stereocenters. The smallest absolute Gasteiger partial charge is 0.422 e. The van der Waals surface area contributed by atoms with E-state index in [2.05, 4.69) is 17.0 Å². The van der Waals surface area contributed by atoms with Gasteiger partial charge in [0.1, 0.15) is 35.6 Å². The molecule has 2 N–H and O–H groups in total. The van der Waals surface area contributed by atoms with E-state index >= 15 is 0 Å². The third-order valence-corrected chi connectivity index (χ3v) is 13.2. The lowest BCUT2D eigenvalue weighted by Crippen LogP contribution is -2.32. The fourth-order valence-electron chi connectivity index (χ4n) is 7.70. The molecule has 0 saturated carbocycles. The zero-order valence-electron chi connectivity index (χ0n) is 39.8. The largest absolute Gasteiger partial charge is 0.530 e. The summed E-state index contributed by atoms with van der Waals surface area (Å²) in [5.74, 6) is -1.36. The van der Waals surface area contributed by atoms with E-state index in [4.69, 9.17) is 49.9 Å². The molecular formula is C50H71ClFN6O8P. The second-order valence-corrected chi connectivity index (χ2v) is 19.4. The first-order chi connectivity index (χ1) is 32.4. The summed E-state index contributed by atoms with van der Waals surface area (Å²) in [6, 6.07) is 15.9. The van der Waals surface area contributed by atoms with E-state index in [1.54, 1.807) is 61.0 Å². The van der Waals surface area contributed by atoms with Gasteiger partial charge in [-0.05, 0) is 68.3 Å². The lowest BCUT2D eigenvalue weighted by molar-refractivity contribution is -0.231. The van der Waals surface area contributed by atoms with Crippen LogP contribution in [0, 0.1) is 28.7 Å². The molecule has 1 unspecified atom stereocenters. The number of para-hydroxylation sites is 1. The van der Waals surface area contributed by atoms with Crippen molar-refractivity contribution in [1.29, 1.82) is 10.5 Å². The van der Waals surface area contributed by atoms with E-state index < -0.39 is 44.3 Å². The Morgan fingerprint density at radius 1 is 0.851 bits per heavy atom.